The number of aliphatic hydroxyl groups is 1. The molecule has 0 saturated heterocycles. The fraction of sp³-hybridized carbons (Fsp3) is 0.538. The Morgan fingerprint density at radius 1 is 1.43 bits per heavy atom. The van der Waals surface area contributed by atoms with Crippen LogP contribution in [0, 0.1) is 10.1 Å². The van der Waals surface area contributed by atoms with Gasteiger partial charge in [-0.15, -0.1) is 0 Å². The van der Waals surface area contributed by atoms with Gasteiger partial charge in [-0.2, -0.15) is 0 Å². The van der Waals surface area contributed by atoms with Crippen LogP contribution in [0.1, 0.15) is 26.7 Å². The molecule has 118 valence electrons. The number of nitrogens with zero attached hydrogens (tertiary/aromatic N) is 1. The van der Waals surface area contributed by atoms with Crippen LogP contribution >= 0.6 is 0 Å². The van der Waals surface area contributed by atoms with Gasteiger partial charge in [0, 0.05) is 18.4 Å². The van der Waals surface area contributed by atoms with Crippen molar-refractivity contribution in [2.45, 2.75) is 37.1 Å². The minimum Gasteiger partial charge on any atom is -0.396 e. The van der Waals surface area contributed by atoms with Crippen molar-refractivity contribution < 1.29 is 18.4 Å². The average molecular weight is 316 g/mol. The first-order chi connectivity index (χ1) is 9.64. The standard InChI is InChI=1S/C13H20N2O5S/c1-4-13(2,8-9-16)14-10-6-5-7-11(21(3,19)20)12(10)15(17)18/h5-7,14,16H,4,8-9H2,1-3H3. The summed E-state index contributed by atoms with van der Waals surface area (Å²) in [5.74, 6) is 0. The largest absolute Gasteiger partial charge is 0.396 e. The number of nitrogens with one attached hydrogen (secondary N) is 1. The molecule has 2 N–H and O–H groups in total. The van der Waals surface area contributed by atoms with Crippen molar-refractivity contribution >= 4 is 21.2 Å². The van der Waals surface area contributed by atoms with E-state index in [2.05, 4.69) is 5.32 Å². The lowest BCUT2D eigenvalue weighted by Crippen LogP contribution is -2.35. The molecule has 8 heteroatoms. The lowest BCUT2D eigenvalue weighted by Gasteiger charge is -2.30. The maximum atomic E-state index is 11.7. The van der Waals surface area contributed by atoms with E-state index in [-0.39, 0.29) is 17.2 Å². The van der Waals surface area contributed by atoms with Crippen LogP contribution in [-0.2, 0) is 9.84 Å². The van der Waals surface area contributed by atoms with Gasteiger partial charge in [0.25, 0.3) is 0 Å². The topological polar surface area (TPSA) is 110 Å². The lowest BCUT2D eigenvalue weighted by molar-refractivity contribution is -0.386. The third-order valence-corrected chi connectivity index (χ3v) is 4.59. The fourth-order valence-electron chi connectivity index (χ4n) is 2.01. The van der Waals surface area contributed by atoms with Crippen molar-refractivity contribution in [3.8, 4) is 0 Å². The molecule has 0 aliphatic carbocycles. The first kappa shape index (κ1) is 17.4. The fourth-order valence-corrected chi connectivity index (χ4v) is 2.87. The summed E-state index contributed by atoms with van der Waals surface area (Å²) in [4.78, 5) is 10.3. The number of para-hydroxylation sites is 1. The van der Waals surface area contributed by atoms with Crippen LogP contribution in [0.3, 0.4) is 0 Å². The molecule has 1 unspecified atom stereocenters. The molecule has 0 heterocycles. The Labute approximate surface area is 124 Å². The summed E-state index contributed by atoms with van der Waals surface area (Å²) in [5, 5.41) is 23.4. The van der Waals surface area contributed by atoms with Crippen molar-refractivity contribution in [2.24, 2.45) is 0 Å². The average Bonchev–Trinajstić information content (AvgIpc) is 2.37. The lowest BCUT2D eigenvalue weighted by atomic mass is 9.94. The van der Waals surface area contributed by atoms with Crippen LogP contribution in [0.15, 0.2) is 23.1 Å². The Hall–Kier alpha value is -1.67. The summed E-state index contributed by atoms with van der Waals surface area (Å²) >= 11 is 0. The predicted molar refractivity (Wildman–Crippen MR) is 80.2 cm³/mol. The second-order valence-corrected chi connectivity index (χ2v) is 7.18. The SMILES string of the molecule is CCC(C)(CCO)Nc1cccc(S(C)(=O)=O)c1[N+](=O)[O-]. The van der Waals surface area contributed by atoms with Crippen LogP contribution in [0.5, 0.6) is 0 Å². The number of hydrogen-bond donors (Lipinski definition) is 2. The molecule has 1 aromatic rings. The Morgan fingerprint density at radius 2 is 2.05 bits per heavy atom. The van der Waals surface area contributed by atoms with E-state index < -0.39 is 26.0 Å². The molecule has 0 spiro atoms. The van der Waals surface area contributed by atoms with Gasteiger partial charge < -0.3 is 10.4 Å². The number of aliphatic hydroxyl groups excluding tert-OH is 1. The number of benzene rings is 1. The number of nitro benzene ring substituents is 1. The van der Waals surface area contributed by atoms with Crippen molar-refractivity contribution in [3.63, 3.8) is 0 Å². The van der Waals surface area contributed by atoms with E-state index in [1.807, 2.05) is 13.8 Å². The van der Waals surface area contributed by atoms with Crippen molar-refractivity contribution in [1.29, 1.82) is 0 Å². The van der Waals surface area contributed by atoms with E-state index in [9.17, 15) is 18.5 Å². The molecule has 0 aromatic heterocycles. The zero-order valence-electron chi connectivity index (χ0n) is 12.3. The second-order valence-electron chi connectivity index (χ2n) is 5.19. The zero-order valence-corrected chi connectivity index (χ0v) is 13.1. The van der Waals surface area contributed by atoms with Gasteiger partial charge in [-0.25, -0.2) is 8.42 Å². The molecule has 0 aliphatic heterocycles. The molecule has 21 heavy (non-hydrogen) atoms. The minimum absolute atomic E-state index is 0.0725. The number of anilines is 1. The first-order valence-electron chi connectivity index (χ1n) is 6.51. The number of sulfone groups is 1. The summed E-state index contributed by atoms with van der Waals surface area (Å²) < 4.78 is 23.4. The van der Waals surface area contributed by atoms with Gasteiger partial charge in [0.15, 0.2) is 9.84 Å². The maximum absolute atomic E-state index is 11.7. The highest BCUT2D eigenvalue weighted by Crippen LogP contribution is 2.34. The van der Waals surface area contributed by atoms with Crippen LogP contribution in [0.4, 0.5) is 11.4 Å². The Morgan fingerprint density at radius 3 is 2.48 bits per heavy atom. The molecule has 0 amide bonds. The first-order valence-corrected chi connectivity index (χ1v) is 8.40. The predicted octanol–water partition coefficient (Wildman–Crippen LogP) is 1.96. The summed E-state index contributed by atoms with van der Waals surface area (Å²) in [5.41, 5.74) is -0.881. The molecule has 0 saturated carbocycles. The molecule has 0 fully saturated rings. The van der Waals surface area contributed by atoms with Gasteiger partial charge in [0.05, 0.1) is 4.92 Å². The smallest absolute Gasteiger partial charge is 0.310 e. The van der Waals surface area contributed by atoms with Gasteiger partial charge in [-0.05, 0) is 31.9 Å². The van der Waals surface area contributed by atoms with Gasteiger partial charge in [0.2, 0.25) is 0 Å². The number of rotatable bonds is 7. The van der Waals surface area contributed by atoms with E-state index in [1.165, 1.54) is 18.2 Å². The Kier molecular flexibility index (Phi) is 5.30. The summed E-state index contributed by atoms with van der Waals surface area (Å²) in [6.45, 7) is 3.63. The highest BCUT2D eigenvalue weighted by molar-refractivity contribution is 7.90. The van der Waals surface area contributed by atoms with Crippen molar-refractivity contribution in [2.75, 3.05) is 18.2 Å². The van der Waals surface area contributed by atoms with E-state index in [4.69, 9.17) is 5.11 Å². The van der Waals surface area contributed by atoms with E-state index in [0.717, 1.165) is 6.26 Å². The maximum Gasteiger partial charge on any atom is 0.310 e. The van der Waals surface area contributed by atoms with E-state index >= 15 is 0 Å². The van der Waals surface area contributed by atoms with Crippen molar-refractivity contribution in [1.82, 2.24) is 0 Å². The highest BCUT2D eigenvalue weighted by atomic mass is 32.2. The van der Waals surface area contributed by atoms with Gasteiger partial charge in [0.1, 0.15) is 10.6 Å². The molecular formula is C13H20N2O5S. The molecule has 1 aromatic carbocycles. The molecule has 1 atom stereocenters. The third-order valence-electron chi connectivity index (χ3n) is 3.46. The molecule has 7 nitrogen and oxygen atoms in total. The van der Waals surface area contributed by atoms with Gasteiger partial charge >= 0.3 is 5.69 Å². The Balaban J connectivity index is 3.41. The number of nitro groups is 1. The highest BCUT2D eigenvalue weighted by Gasteiger charge is 2.30. The zero-order chi connectivity index (χ0) is 16.3. The van der Waals surface area contributed by atoms with Gasteiger partial charge in [-0.1, -0.05) is 13.0 Å². The van der Waals surface area contributed by atoms with E-state index in [1.54, 1.807) is 0 Å². The second kappa shape index (κ2) is 6.40. The molecule has 0 radical (unpaired) electrons. The summed E-state index contributed by atoms with van der Waals surface area (Å²) in [6, 6.07) is 4.15. The van der Waals surface area contributed by atoms with Crippen LogP contribution in [-0.4, -0.2) is 36.8 Å². The monoisotopic (exact) mass is 316 g/mol. The number of hydrogen-bond acceptors (Lipinski definition) is 6. The van der Waals surface area contributed by atoms with Crippen LogP contribution < -0.4 is 5.32 Å². The van der Waals surface area contributed by atoms with Crippen LogP contribution in [0.2, 0.25) is 0 Å². The third kappa shape index (κ3) is 4.15. The summed E-state index contributed by atoms with van der Waals surface area (Å²) in [6.07, 6.45) is 1.95. The van der Waals surface area contributed by atoms with Crippen LogP contribution in [0.25, 0.3) is 0 Å². The van der Waals surface area contributed by atoms with Gasteiger partial charge in [-0.3, -0.25) is 10.1 Å². The Bertz CT molecular complexity index is 629. The minimum atomic E-state index is -3.71. The normalized spacial score (nSPS) is 14.5. The molecule has 0 bridgehead atoms. The molecular weight excluding hydrogens is 296 g/mol. The molecule has 0 aliphatic rings. The molecule has 1 rings (SSSR count). The van der Waals surface area contributed by atoms with E-state index in [0.29, 0.717) is 12.8 Å². The van der Waals surface area contributed by atoms with Crippen molar-refractivity contribution in [3.05, 3.63) is 28.3 Å². The quantitative estimate of drug-likeness (QED) is 0.588. The summed E-state index contributed by atoms with van der Waals surface area (Å²) in [7, 11) is -3.71.